The first-order valence-electron chi connectivity index (χ1n) is 4.69. The summed E-state index contributed by atoms with van der Waals surface area (Å²) in [5, 5.41) is 9.34. The highest BCUT2D eigenvalue weighted by atomic mass is 16.3. The van der Waals surface area contributed by atoms with E-state index >= 15 is 0 Å². The minimum absolute atomic E-state index is 0.121. The number of carbonyl (C=O) groups excluding carboxylic acids is 1. The lowest BCUT2D eigenvalue weighted by Gasteiger charge is -2.34. The highest BCUT2D eigenvalue weighted by Crippen LogP contribution is 2.63. The third-order valence-corrected chi connectivity index (χ3v) is 4.53. The van der Waals surface area contributed by atoms with Gasteiger partial charge in [0.2, 0.25) is 0 Å². The third kappa shape index (κ3) is 0.634. The van der Waals surface area contributed by atoms with Crippen molar-refractivity contribution in [2.24, 2.45) is 16.7 Å². The Morgan fingerprint density at radius 1 is 1.58 bits per heavy atom. The Hall–Kier alpha value is -0.370. The van der Waals surface area contributed by atoms with E-state index in [1.165, 1.54) is 0 Å². The third-order valence-electron chi connectivity index (χ3n) is 4.53. The maximum Gasteiger partial charge on any atom is 0.139 e. The van der Waals surface area contributed by atoms with E-state index in [-0.39, 0.29) is 17.4 Å². The Morgan fingerprint density at radius 2 is 2.25 bits per heavy atom. The van der Waals surface area contributed by atoms with Gasteiger partial charge in [0.15, 0.2) is 0 Å². The SMILES string of the molecule is C[C@]12CC[C@@H](CC1=O)[C@@]2(C)CO. The minimum Gasteiger partial charge on any atom is -0.396 e. The van der Waals surface area contributed by atoms with E-state index in [4.69, 9.17) is 0 Å². The second-order valence-electron chi connectivity index (χ2n) is 4.77. The Bertz CT molecular complexity index is 236. The van der Waals surface area contributed by atoms with Crippen LogP contribution in [-0.4, -0.2) is 17.5 Å². The second-order valence-corrected chi connectivity index (χ2v) is 4.77. The number of carbonyl (C=O) groups is 1. The van der Waals surface area contributed by atoms with Gasteiger partial charge in [0.25, 0.3) is 0 Å². The molecule has 2 fully saturated rings. The summed E-state index contributed by atoms with van der Waals surface area (Å²) in [7, 11) is 0. The van der Waals surface area contributed by atoms with Crippen LogP contribution in [-0.2, 0) is 4.79 Å². The van der Waals surface area contributed by atoms with Gasteiger partial charge in [-0.25, -0.2) is 0 Å². The number of aliphatic hydroxyl groups excluding tert-OH is 1. The molecule has 0 aromatic carbocycles. The number of hydrogen-bond donors (Lipinski definition) is 1. The molecule has 0 heterocycles. The molecule has 1 N–H and O–H groups in total. The van der Waals surface area contributed by atoms with Gasteiger partial charge in [0.1, 0.15) is 5.78 Å². The molecule has 68 valence electrons. The number of hydrogen-bond acceptors (Lipinski definition) is 2. The van der Waals surface area contributed by atoms with Crippen LogP contribution in [0, 0.1) is 16.7 Å². The monoisotopic (exact) mass is 168 g/mol. The van der Waals surface area contributed by atoms with Crippen LogP contribution in [0.1, 0.15) is 33.1 Å². The predicted octanol–water partition coefficient (Wildman–Crippen LogP) is 1.37. The molecule has 2 aliphatic carbocycles. The molecule has 0 saturated heterocycles. The molecule has 2 rings (SSSR count). The van der Waals surface area contributed by atoms with Crippen molar-refractivity contribution in [2.75, 3.05) is 6.61 Å². The molecule has 2 nitrogen and oxygen atoms in total. The zero-order chi connectivity index (χ0) is 8.98. The van der Waals surface area contributed by atoms with Crippen molar-refractivity contribution in [2.45, 2.75) is 33.1 Å². The fourth-order valence-corrected chi connectivity index (χ4v) is 3.06. The Labute approximate surface area is 73.0 Å². The normalized spacial score (nSPS) is 51.9. The molecule has 0 aliphatic heterocycles. The molecule has 2 bridgehead atoms. The van der Waals surface area contributed by atoms with Crippen LogP contribution in [0.2, 0.25) is 0 Å². The fourth-order valence-electron chi connectivity index (χ4n) is 3.06. The first-order chi connectivity index (χ1) is 5.54. The largest absolute Gasteiger partial charge is 0.396 e. The van der Waals surface area contributed by atoms with Gasteiger partial charge in [-0.1, -0.05) is 13.8 Å². The van der Waals surface area contributed by atoms with Gasteiger partial charge < -0.3 is 5.11 Å². The highest BCUT2D eigenvalue weighted by Gasteiger charge is 2.63. The summed E-state index contributed by atoms with van der Waals surface area (Å²) in [5.41, 5.74) is -0.337. The van der Waals surface area contributed by atoms with Gasteiger partial charge >= 0.3 is 0 Å². The number of fused-ring (bicyclic) bond motifs is 2. The van der Waals surface area contributed by atoms with Crippen LogP contribution in [0.3, 0.4) is 0 Å². The van der Waals surface area contributed by atoms with E-state index in [0.29, 0.717) is 18.1 Å². The number of Topliss-reactive ketones (excluding diaryl/α,β-unsaturated/α-hetero) is 1. The molecule has 2 heteroatoms. The van der Waals surface area contributed by atoms with E-state index < -0.39 is 0 Å². The molecule has 0 radical (unpaired) electrons. The van der Waals surface area contributed by atoms with Gasteiger partial charge in [-0.15, -0.1) is 0 Å². The van der Waals surface area contributed by atoms with Gasteiger partial charge in [-0.2, -0.15) is 0 Å². The summed E-state index contributed by atoms with van der Waals surface area (Å²) in [6, 6.07) is 0. The van der Waals surface area contributed by atoms with Crippen LogP contribution in [0.4, 0.5) is 0 Å². The molecule has 0 unspecified atom stereocenters. The van der Waals surface area contributed by atoms with Crippen LogP contribution in [0.25, 0.3) is 0 Å². The quantitative estimate of drug-likeness (QED) is 0.642. The smallest absolute Gasteiger partial charge is 0.139 e. The van der Waals surface area contributed by atoms with Crippen LogP contribution >= 0.6 is 0 Å². The summed E-state index contributed by atoms with van der Waals surface area (Å²) in [6.45, 7) is 4.26. The average Bonchev–Trinajstić information content (AvgIpc) is 2.39. The zero-order valence-electron chi connectivity index (χ0n) is 7.76. The van der Waals surface area contributed by atoms with Crippen LogP contribution < -0.4 is 0 Å². The lowest BCUT2D eigenvalue weighted by Crippen LogP contribution is -2.37. The predicted molar refractivity (Wildman–Crippen MR) is 45.6 cm³/mol. The summed E-state index contributed by atoms with van der Waals surface area (Å²) in [6.07, 6.45) is 2.81. The molecule has 0 aromatic heterocycles. The number of ketones is 1. The van der Waals surface area contributed by atoms with Crippen molar-refractivity contribution in [1.82, 2.24) is 0 Å². The lowest BCUT2D eigenvalue weighted by molar-refractivity contribution is -0.129. The zero-order valence-corrected chi connectivity index (χ0v) is 7.76. The molecule has 3 atom stereocenters. The molecule has 2 saturated carbocycles. The Morgan fingerprint density at radius 3 is 2.50 bits per heavy atom. The molecule has 12 heavy (non-hydrogen) atoms. The molecule has 0 amide bonds. The van der Waals surface area contributed by atoms with Gasteiger partial charge in [0.05, 0.1) is 0 Å². The van der Waals surface area contributed by atoms with Crippen molar-refractivity contribution in [3.8, 4) is 0 Å². The van der Waals surface area contributed by atoms with Crippen LogP contribution in [0.5, 0.6) is 0 Å². The molecule has 0 spiro atoms. The van der Waals surface area contributed by atoms with Crippen molar-refractivity contribution in [1.29, 1.82) is 0 Å². The van der Waals surface area contributed by atoms with E-state index in [2.05, 4.69) is 6.92 Å². The van der Waals surface area contributed by atoms with Crippen molar-refractivity contribution >= 4 is 5.78 Å². The highest BCUT2D eigenvalue weighted by molar-refractivity contribution is 5.89. The maximum atomic E-state index is 11.6. The molecule has 0 aromatic rings. The van der Waals surface area contributed by atoms with Gasteiger partial charge in [0, 0.05) is 23.9 Å². The first-order valence-corrected chi connectivity index (χ1v) is 4.69. The van der Waals surface area contributed by atoms with E-state index in [0.717, 1.165) is 12.8 Å². The molecule has 2 aliphatic rings. The number of aliphatic hydroxyl groups is 1. The Kier molecular flexibility index (Phi) is 1.45. The molecular weight excluding hydrogens is 152 g/mol. The van der Waals surface area contributed by atoms with Crippen molar-refractivity contribution < 1.29 is 9.90 Å². The lowest BCUT2D eigenvalue weighted by atomic mass is 9.69. The summed E-state index contributed by atoms with van der Waals surface area (Å²) in [4.78, 5) is 11.6. The molecular formula is C10H16O2. The summed E-state index contributed by atoms with van der Waals surface area (Å²) >= 11 is 0. The second kappa shape index (κ2) is 2.11. The van der Waals surface area contributed by atoms with Gasteiger partial charge in [-0.05, 0) is 18.8 Å². The summed E-state index contributed by atoms with van der Waals surface area (Å²) in [5.74, 6) is 0.815. The van der Waals surface area contributed by atoms with E-state index in [1.807, 2.05) is 6.92 Å². The Balaban J connectivity index is 2.44. The first kappa shape index (κ1) is 8.24. The standard InChI is InChI=1S/C10H16O2/c1-9-4-3-7(5-8(9)12)10(9,2)6-11/h7,11H,3-6H2,1-2H3/t7-,9-,10+/m0/s1. The number of rotatable bonds is 1. The van der Waals surface area contributed by atoms with Crippen LogP contribution in [0.15, 0.2) is 0 Å². The van der Waals surface area contributed by atoms with E-state index in [9.17, 15) is 9.90 Å². The maximum absolute atomic E-state index is 11.6. The van der Waals surface area contributed by atoms with Gasteiger partial charge in [-0.3, -0.25) is 4.79 Å². The fraction of sp³-hybridized carbons (Fsp3) is 0.900. The summed E-state index contributed by atoms with van der Waals surface area (Å²) < 4.78 is 0. The topological polar surface area (TPSA) is 37.3 Å². The van der Waals surface area contributed by atoms with Crippen molar-refractivity contribution in [3.05, 3.63) is 0 Å². The average molecular weight is 168 g/mol. The minimum atomic E-state index is -0.216. The van der Waals surface area contributed by atoms with E-state index in [1.54, 1.807) is 0 Å². The van der Waals surface area contributed by atoms with Crippen molar-refractivity contribution in [3.63, 3.8) is 0 Å².